The maximum atomic E-state index is 12.9. The van der Waals surface area contributed by atoms with Crippen LogP contribution in [0.1, 0.15) is 32.1 Å². The molecule has 0 saturated carbocycles. The average Bonchev–Trinajstić information content (AvgIpc) is 3.07. The Morgan fingerprint density at radius 2 is 1.91 bits per heavy atom. The minimum absolute atomic E-state index is 0.175. The number of benzene rings is 1. The molecule has 0 saturated heterocycles. The number of halogens is 4. The number of anilines is 1. The maximum Gasteiger partial charge on any atom is 0.433 e. The highest BCUT2D eigenvalue weighted by Gasteiger charge is 2.33. The van der Waals surface area contributed by atoms with Crippen molar-refractivity contribution in [1.29, 1.82) is 0 Å². The van der Waals surface area contributed by atoms with Crippen LogP contribution in [0.2, 0.25) is 0 Å². The van der Waals surface area contributed by atoms with Gasteiger partial charge in [0.1, 0.15) is 11.4 Å². The van der Waals surface area contributed by atoms with Gasteiger partial charge in [0, 0.05) is 29.7 Å². The van der Waals surface area contributed by atoms with Crippen molar-refractivity contribution in [1.82, 2.24) is 9.88 Å². The molecule has 0 spiro atoms. The zero-order valence-electron chi connectivity index (χ0n) is 17.5. The molecule has 0 unspecified atom stereocenters. The van der Waals surface area contributed by atoms with Gasteiger partial charge >= 0.3 is 6.18 Å². The molecule has 1 aliphatic heterocycles. The number of rotatable bonds is 10. The molecule has 2 aromatic rings. The molecule has 1 aliphatic rings. The Kier molecular flexibility index (Phi) is 8.40. The number of fused-ring (bicyclic) bond motifs is 1. The minimum atomic E-state index is -4.66. The lowest BCUT2D eigenvalue weighted by atomic mass is 10.1. The third-order valence-corrected chi connectivity index (χ3v) is 5.39. The lowest BCUT2D eigenvalue weighted by Gasteiger charge is -2.15. The quantitative estimate of drug-likeness (QED) is 0.457. The van der Waals surface area contributed by atoms with Gasteiger partial charge in [-0.2, -0.15) is 13.2 Å². The van der Waals surface area contributed by atoms with Gasteiger partial charge in [0.25, 0.3) is 11.8 Å². The number of nitrogens with zero attached hydrogens (tertiary/aromatic N) is 2. The number of pyridine rings is 1. The average molecular weight is 531 g/mol. The largest absolute Gasteiger partial charge is 0.433 e. The van der Waals surface area contributed by atoms with Crippen molar-refractivity contribution in [2.45, 2.75) is 12.7 Å². The van der Waals surface area contributed by atoms with Gasteiger partial charge in [-0.15, -0.1) is 0 Å². The molecule has 0 atom stereocenters. The molecule has 2 heterocycles. The summed E-state index contributed by atoms with van der Waals surface area (Å²) in [6.07, 6.45) is -4.66. The topological polar surface area (TPSA) is 107 Å². The molecule has 3 rings (SSSR count). The summed E-state index contributed by atoms with van der Waals surface area (Å²) in [6, 6.07) is 6.29. The second-order valence-electron chi connectivity index (χ2n) is 7.09. The van der Waals surface area contributed by atoms with E-state index in [0.717, 1.165) is 12.1 Å². The summed E-state index contributed by atoms with van der Waals surface area (Å²) in [5.74, 6) is -0.973. The molecule has 1 aromatic heterocycles. The lowest BCUT2D eigenvalue weighted by molar-refractivity contribution is -0.141. The molecule has 12 heteroatoms. The number of nitrogens with two attached hydrogens (primary N) is 1. The number of aromatic nitrogens is 1. The lowest BCUT2D eigenvalue weighted by Crippen LogP contribution is -2.28. The van der Waals surface area contributed by atoms with Crippen LogP contribution >= 0.6 is 15.9 Å². The minimum Gasteiger partial charge on any atom is -0.378 e. The SMILES string of the molecule is NCCOCCOCCN1Cc2cc(NC(=O)c3cccc(C(F)(F)F)n3)c(Br)cc2C1=O. The van der Waals surface area contributed by atoms with Crippen LogP contribution in [-0.2, 0) is 22.2 Å². The normalized spacial score (nSPS) is 13.4. The van der Waals surface area contributed by atoms with E-state index in [9.17, 15) is 22.8 Å². The van der Waals surface area contributed by atoms with E-state index in [0.29, 0.717) is 67.3 Å². The molecule has 0 bridgehead atoms. The van der Waals surface area contributed by atoms with Crippen molar-refractivity contribution in [2.75, 3.05) is 44.8 Å². The van der Waals surface area contributed by atoms with Gasteiger partial charge in [0.15, 0.2) is 0 Å². The molecular weight excluding hydrogens is 509 g/mol. The van der Waals surface area contributed by atoms with Crippen LogP contribution in [0.15, 0.2) is 34.8 Å². The number of hydrogen-bond acceptors (Lipinski definition) is 6. The Bertz CT molecular complexity index is 1020. The summed E-state index contributed by atoms with van der Waals surface area (Å²) in [7, 11) is 0. The summed E-state index contributed by atoms with van der Waals surface area (Å²) in [4.78, 5) is 30.1. The summed E-state index contributed by atoms with van der Waals surface area (Å²) < 4.78 is 49.7. The van der Waals surface area contributed by atoms with Crippen LogP contribution in [0.5, 0.6) is 0 Å². The molecule has 1 aromatic carbocycles. The molecule has 8 nitrogen and oxygen atoms in total. The van der Waals surface area contributed by atoms with E-state index in [2.05, 4.69) is 26.2 Å². The molecule has 0 aliphatic carbocycles. The van der Waals surface area contributed by atoms with Gasteiger partial charge in [-0.25, -0.2) is 4.98 Å². The van der Waals surface area contributed by atoms with Gasteiger partial charge < -0.3 is 25.4 Å². The summed E-state index contributed by atoms with van der Waals surface area (Å²) >= 11 is 3.31. The summed E-state index contributed by atoms with van der Waals surface area (Å²) in [5.41, 5.74) is 5.28. The fourth-order valence-electron chi connectivity index (χ4n) is 3.16. The molecule has 3 N–H and O–H groups in total. The number of carbonyl (C=O) groups is 2. The highest BCUT2D eigenvalue weighted by atomic mass is 79.9. The van der Waals surface area contributed by atoms with E-state index in [4.69, 9.17) is 15.2 Å². The molecular formula is C21H22BrF3N4O4. The standard InChI is InChI=1S/C21H22BrF3N4O4/c22-15-11-14-13(12-29(20(14)31)5-7-33-9-8-32-6-4-26)10-17(15)28-19(30)16-2-1-3-18(27-16)21(23,24)25/h1-3,10-11H,4-9,12,26H2,(H,28,30). The Morgan fingerprint density at radius 3 is 2.61 bits per heavy atom. The van der Waals surface area contributed by atoms with Gasteiger partial charge in [-0.05, 0) is 45.8 Å². The van der Waals surface area contributed by atoms with E-state index >= 15 is 0 Å². The predicted octanol–water partition coefficient (Wildman–Crippen LogP) is 3.06. The van der Waals surface area contributed by atoms with Gasteiger partial charge in [-0.1, -0.05) is 6.07 Å². The third kappa shape index (κ3) is 6.50. The number of hydrogen-bond donors (Lipinski definition) is 2. The molecule has 178 valence electrons. The van der Waals surface area contributed by atoms with Crippen LogP contribution in [0.4, 0.5) is 18.9 Å². The van der Waals surface area contributed by atoms with Gasteiger partial charge in [0.2, 0.25) is 0 Å². The third-order valence-electron chi connectivity index (χ3n) is 4.73. The van der Waals surface area contributed by atoms with Crippen molar-refractivity contribution < 1.29 is 32.2 Å². The maximum absolute atomic E-state index is 12.9. The van der Waals surface area contributed by atoms with Crippen molar-refractivity contribution >= 4 is 33.4 Å². The van der Waals surface area contributed by atoms with Gasteiger partial charge in [0.05, 0.1) is 32.1 Å². The van der Waals surface area contributed by atoms with Crippen LogP contribution in [0.25, 0.3) is 0 Å². The van der Waals surface area contributed by atoms with E-state index in [1.54, 1.807) is 17.0 Å². The first-order chi connectivity index (χ1) is 15.7. The van der Waals surface area contributed by atoms with E-state index in [1.807, 2.05) is 0 Å². The van der Waals surface area contributed by atoms with Crippen LogP contribution in [-0.4, -0.2) is 61.2 Å². The van der Waals surface area contributed by atoms with Gasteiger partial charge in [-0.3, -0.25) is 9.59 Å². The molecule has 2 amide bonds. The first-order valence-corrected chi connectivity index (χ1v) is 10.8. The highest BCUT2D eigenvalue weighted by molar-refractivity contribution is 9.10. The van der Waals surface area contributed by atoms with Crippen molar-refractivity contribution in [3.63, 3.8) is 0 Å². The first kappa shape index (κ1) is 25.1. The molecule has 0 radical (unpaired) electrons. The molecule has 33 heavy (non-hydrogen) atoms. The van der Waals surface area contributed by atoms with Crippen molar-refractivity contribution in [3.05, 3.63) is 57.3 Å². The number of nitrogens with one attached hydrogen (secondary N) is 1. The Morgan fingerprint density at radius 1 is 1.18 bits per heavy atom. The number of alkyl halides is 3. The predicted molar refractivity (Wildman–Crippen MR) is 117 cm³/mol. The van der Waals surface area contributed by atoms with Crippen molar-refractivity contribution in [3.8, 4) is 0 Å². The monoisotopic (exact) mass is 530 g/mol. The van der Waals surface area contributed by atoms with Crippen LogP contribution < -0.4 is 11.1 Å². The summed E-state index contributed by atoms with van der Waals surface area (Å²) in [6.45, 7) is 2.73. The second kappa shape index (κ2) is 11.1. The fourth-order valence-corrected chi connectivity index (χ4v) is 3.60. The van der Waals surface area contributed by atoms with Crippen LogP contribution in [0, 0.1) is 0 Å². The Balaban J connectivity index is 1.61. The summed E-state index contributed by atoms with van der Waals surface area (Å²) in [5, 5.41) is 2.55. The van der Waals surface area contributed by atoms with Crippen molar-refractivity contribution in [2.24, 2.45) is 5.73 Å². The van der Waals surface area contributed by atoms with E-state index in [-0.39, 0.29) is 11.6 Å². The second-order valence-corrected chi connectivity index (χ2v) is 7.94. The fraction of sp³-hybridized carbons (Fsp3) is 0.381. The van der Waals surface area contributed by atoms with E-state index < -0.39 is 17.8 Å². The molecule has 0 fully saturated rings. The number of amides is 2. The zero-order valence-corrected chi connectivity index (χ0v) is 19.0. The highest BCUT2D eigenvalue weighted by Crippen LogP contribution is 2.32. The Labute approximate surface area is 196 Å². The number of ether oxygens (including phenoxy) is 2. The number of carbonyl (C=O) groups excluding carboxylic acids is 2. The zero-order chi connectivity index (χ0) is 24.0. The first-order valence-electron chi connectivity index (χ1n) is 10.0. The Hall–Kier alpha value is -2.54. The smallest absolute Gasteiger partial charge is 0.378 e. The van der Waals surface area contributed by atoms with E-state index in [1.165, 1.54) is 6.07 Å². The van der Waals surface area contributed by atoms with Crippen LogP contribution in [0.3, 0.4) is 0 Å².